The molecule has 1 aromatic rings. The summed E-state index contributed by atoms with van der Waals surface area (Å²) in [7, 11) is 3.17. The van der Waals surface area contributed by atoms with E-state index in [1.54, 1.807) is 21.1 Å². The maximum atomic E-state index is 11.1. The minimum absolute atomic E-state index is 0.231. The molecular formula is C15H21NO5. The van der Waals surface area contributed by atoms with Crippen molar-refractivity contribution in [3.05, 3.63) is 23.8 Å². The molecule has 1 aromatic carbocycles. The van der Waals surface area contributed by atoms with E-state index < -0.39 is 12.0 Å². The standard InChI is InChI=1S/C15H21NO5/c1-10(15(17)18)16-7-8-21-13(9-16)11-5-4-6-12(19-2)14(11)20-3/h4-6,10,13H,7-9H2,1-3H3,(H,17,18). The lowest BCUT2D eigenvalue weighted by Crippen LogP contribution is -2.46. The monoisotopic (exact) mass is 295 g/mol. The molecule has 1 aliphatic heterocycles. The highest BCUT2D eigenvalue weighted by Crippen LogP contribution is 2.37. The summed E-state index contributed by atoms with van der Waals surface area (Å²) in [5.41, 5.74) is 0.874. The van der Waals surface area contributed by atoms with Gasteiger partial charge in [0.2, 0.25) is 0 Å². The number of rotatable bonds is 5. The van der Waals surface area contributed by atoms with Crippen LogP contribution in [-0.2, 0) is 9.53 Å². The van der Waals surface area contributed by atoms with Gasteiger partial charge >= 0.3 is 5.97 Å². The van der Waals surface area contributed by atoms with E-state index in [-0.39, 0.29) is 6.10 Å². The number of ether oxygens (including phenoxy) is 3. The van der Waals surface area contributed by atoms with Crippen LogP contribution in [-0.4, -0.2) is 55.9 Å². The fourth-order valence-electron chi connectivity index (χ4n) is 2.53. The van der Waals surface area contributed by atoms with Crippen LogP contribution in [0.1, 0.15) is 18.6 Å². The van der Waals surface area contributed by atoms with Crippen molar-refractivity contribution in [3.8, 4) is 11.5 Å². The van der Waals surface area contributed by atoms with Crippen LogP contribution in [0, 0.1) is 0 Å². The third kappa shape index (κ3) is 3.28. The van der Waals surface area contributed by atoms with E-state index in [0.29, 0.717) is 31.2 Å². The van der Waals surface area contributed by atoms with Crippen LogP contribution in [0.25, 0.3) is 0 Å². The summed E-state index contributed by atoms with van der Waals surface area (Å²) in [5.74, 6) is 0.449. The van der Waals surface area contributed by atoms with Gasteiger partial charge in [0, 0.05) is 18.7 Å². The van der Waals surface area contributed by atoms with E-state index in [9.17, 15) is 4.79 Å². The number of carboxylic acid groups (broad SMARTS) is 1. The zero-order valence-electron chi connectivity index (χ0n) is 12.5. The Morgan fingerprint density at radius 3 is 2.81 bits per heavy atom. The van der Waals surface area contributed by atoms with Crippen LogP contribution in [0.5, 0.6) is 11.5 Å². The third-order valence-corrected chi connectivity index (χ3v) is 3.78. The van der Waals surface area contributed by atoms with E-state index in [1.807, 2.05) is 23.1 Å². The van der Waals surface area contributed by atoms with Crippen LogP contribution in [0.3, 0.4) is 0 Å². The number of hydrogen-bond acceptors (Lipinski definition) is 5. The molecule has 2 atom stereocenters. The average molecular weight is 295 g/mol. The number of nitrogens with zero attached hydrogens (tertiary/aromatic N) is 1. The van der Waals surface area contributed by atoms with Crippen LogP contribution in [0.15, 0.2) is 18.2 Å². The van der Waals surface area contributed by atoms with E-state index in [0.717, 1.165) is 5.56 Å². The van der Waals surface area contributed by atoms with Gasteiger partial charge in [0.15, 0.2) is 11.5 Å². The largest absolute Gasteiger partial charge is 0.493 e. The van der Waals surface area contributed by atoms with Crippen LogP contribution in [0.2, 0.25) is 0 Å². The van der Waals surface area contributed by atoms with Crippen molar-refractivity contribution in [1.29, 1.82) is 0 Å². The summed E-state index contributed by atoms with van der Waals surface area (Å²) >= 11 is 0. The second-order valence-corrected chi connectivity index (χ2v) is 4.95. The molecule has 1 heterocycles. The predicted molar refractivity (Wildman–Crippen MR) is 76.9 cm³/mol. The zero-order chi connectivity index (χ0) is 15.4. The summed E-state index contributed by atoms with van der Waals surface area (Å²) in [4.78, 5) is 13.0. The van der Waals surface area contributed by atoms with Crippen LogP contribution >= 0.6 is 0 Å². The summed E-state index contributed by atoms with van der Waals surface area (Å²) in [6.07, 6.45) is -0.231. The van der Waals surface area contributed by atoms with E-state index >= 15 is 0 Å². The Hall–Kier alpha value is -1.79. The minimum Gasteiger partial charge on any atom is -0.493 e. The van der Waals surface area contributed by atoms with Crippen molar-refractivity contribution in [1.82, 2.24) is 4.90 Å². The van der Waals surface area contributed by atoms with Gasteiger partial charge in [0.25, 0.3) is 0 Å². The number of carbonyl (C=O) groups is 1. The number of carboxylic acids is 1. The molecule has 1 N–H and O–H groups in total. The molecule has 0 amide bonds. The molecule has 116 valence electrons. The predicted octanol–water partition coefficient (Wildman–Crippen LogP) is 1.55. The summed E-state index contributed by atoms with van der Waals surface area (Å²) in [6.45, 7) is 3.30. The molecular weight excluding hydrogens is 274 g/mol. The molecule has 0 saturated carbocycles. The molecule has 0 bridgehead atoms. The van der Waals surface area contributed by atoms with Crippen LogP contribution < -0.4 is 9.47 Å². The topological polar surface area (TPSA) is 68.2 Å². The first-order chi connectivity index (χ1) is 10.1. The Morgan fingerprint density at radius 2 is 2.19 bits per heavy atom. The lowest BCUT2D eigenvalue weighted by atomic mass is 10.0. The quantitative estimate of drug-likeness (QED) is 0.889. The number of benzene rings is 1. The van der Waals surface area contributed by atoms with Crippen molar-refractivity contribution in [2.75, 3.05) is 33.9 Å². The Kier molecular flexibility index (Phi) is 5.03. The van der Waals surface area contributed by atoms with Gasteiger partial charge < -0.3 is 19.3 Å². The molecule has 6 heteroatoms. The van der Waals surface area contributed by atoms with Crippen LogP contribution in [0.4, 0.5) is 0 Å². The number of hydrogen-bond donors (Lipinski definition) is 1. The second-order valence-electron chi connectivity index (χ2n) is 4.95. The van der Waals surface area contributed by atoms with Gasteiger partial charge in [-0.2, -0.15) is 0 Å². The molecule has 1 fully saturated rings. The first-order valence-corrected chi connectivity index (χ1v) is 6.87. The van der Waals surface area contributed by atoms with Gasteiger partial charge in [-0.25, -0.2) is 0 Å². The summed E-state index contributed by atoms with van der Waals surface area (Å²) < 4.78 is 16.5. The van der Waals surface area contributed by atoms with Gasteiger partial charge in [-0.1, -0.05) is 12.1 Å². The summed E-state index contributed by atoms with van der Waals surface area (Å²) in [6, 6.07) is 5.08. The Balaban J connectivity index is 2.24. The molecule has 1 saturated heterocycles. The molecule has 21 heavy (non-hydrogen) atoms. The van der Waals surface area contributed by atoms with Gasteiger partial charge in [-0.05, 0) is 13.0 Å². The zero-order valence-corrected chi connectivity index (χ0v) is 12.5. The van der Waals surface area contributed by atoms with Crippen molar-refractivity contribution in [3.63, 3.8) is 0 Å². The number of morpholine rings is 1. The minimum atomic E-state index is -0.826. The normalized spacial score (nSPS) is 20.8. The first kappa shape index (κ1) is 15.6. The molecule has 0 radical (unpaired) electrons. The highest BCUT2D eigenvalue weighted by molar-refractivity contribution is 5.72. The van der Waals surface area contributed by atoms with Crippen molar-refractivity contribution in [2.24, 2.45) is 0 Å². The van der Waals surface area contributed by atoms with Gasteiger partial charge in [0.05, 0.1) is 26.9 Å². The number of para-hydroxylation sites is 1. The summed E-state index contributed by atoms with van der Waals surface area (Å²) in [5, 5.41) is 9.15. The van der Waals surface area contributed by atoms with E-state index in [4.69, 9.17) is 19.3 Å². The molecule has 0 aliphatic carbocycles. The maximum absolute atomic E-state index is 11.1. The van der Waals surface area contributed by atoms with Crippen molar-refractivity contribution in [2.45, 2.75) is 19.1 Å². The SMILES string of the molecule is COc1cccc(C2CN(C(C)C(=O)O)CCO2)c1OC. The molecule has 1 aliphatic rings. The molecule has 6 nitrogen and oxygen atoms in total. The molecule has 2 rings (SSSR count). The smallest absolute Gasteiger partial charge is 0.320 e. The fourth-order valence-corrected chi connectivity index (χ4v) is 2.53. The lowest BCUT2D eigenvalue weighted by molar-refractivity contribution is -0.145. The third-order valence-electron chi connectivity index (χ3n) is 3.78. The highest BCUT2D eigenvalue weighted by Gasteiger charge is 2.30. The molecule has 2 unspecified atom stereocenters. The number of aliphatic carboxylic acids is 1. The average Bonchev–Trinajstić information content (AvgIpc) is 2.53. The number of methoxy groups -OCH3 is 2. The van der Waals surface area contributed by atoms with Crippen molar-refractivity contribution >= 4 is 5.97 Å². The highest BCUT2D eigenvalue weighted by atomic mass is 16.5. The second kappa shape index (κ2) is 6.78. The Bertz CT molecular complexity index is 505. The Morgan fingerprint density at radius 1 is 1.43 bits per heavy atom. The first-order valence-electron chi connectivity index (χ1n) is 6.87. The Labute approximate surface area is 124 Å². The fraction of sp³-hybridized carbons (Fsp3) is 0.533. The molecule has 0 aromatic heterocycles. The van der Waals surface area contributed by atoms with Gasteiger partial charge in [-0.15, -0.1) is 0 Å². The van der Waals surface area contributed by atoms with Crippen molar-refractivity contribution < 1.29 is 24.1 Å². The van der Waals surface area contributed by atoms with Gasteiger partial charge in [0.1, 0.15) is 6.04 Å². The van der Waals surface area contributed by atoms with E-state index in [1.165, 1.54) is 0 Å². The lowest BCUT2D eigenvalue weighted by Gasteiger charge is -2.35. The molecule has 0 spiro atoms. The van der Waals surface area contributed by atoms with E-state index in [2.05, 4.69) is 0 Å². The maximum Gasteiger partial charge on any atom is 0.320 e. The van der Waals surface area contributed by atoms with Gasteiger partial charge in [-0.3, -0.25) is 9.69 Å².